The van der Waals surface area contributed by atoms with Crippen molar-refractivity contribution in [2.45, 2.75) is 17.6 Å². The number of rotatable bonds is 4. The van der Waals surface area contributed by atoms with Gasteiger partial charge in [-0.25, -0.2) is 4.79 Å². The highest BCUT2D eigenvalue weighted by Crippen LogP contribution is 2.47. The molecule has 0 radical (unpaired) electrons. The summed E-state index contributed by atoms with van der Waals surface area (Å²) in [4.78, 5) is 13.7. The van der Waals surface area contributed by atoms with Crippen molar-refractivity contribution in [3.8, 4) is 0 Å². The Morgan fingerprint density at radius 2 is 2.33 bits per heavy atom. The van der Waals surface area contributed by atoms with E-state index in [9.17, 15) is 4.79 Å². The van der Waals surface area contributed by atoms with Gasteiger partial charge in [0.2, 0.25) is 0 Å². The van der Waals surface area contributed by atoms with Crippen molar-refractivity contribution < 1.29 is 4.42 Å². The lowest BCUT2D eigenvalue weighted by atomic mass is 10.2. The summed E-state index contributed by atoms with van der Waals surface area (Å²) in [5.41, 5.74) is 8.55. The van der Waals surface area contributed by atoms with Gasteiger partial charge < -0.3 is 15.5 Å². The van der Waals surface area contributed by atoms with Gasteiger partial charge >= 0.3 is 5.76 Å². The fourth-order valence-corrected chi connectivity index (χ4v) is 2.74. The largest absolute Gasteiger partial charge is 0.417 e. The van der Waals surface area contributed by atoms with Crippen LogP contribution in [0, 0.1) is 0 Å². The Morgan fingerprint density at radius 1 is 1.56 bits per heavy atom. The van der Waals surface area contributed by atoms with Gasteiger partial charge in [-0.05, 0) is 25.2 Å². The number of hydrogen-bond acceptors (Lipinski definition) is 5. The molecule has 2 aromatic rings. The number of hydrogen-bond donors (Lipinski definition) is 3. The molecule has 0 saturated heterocycles. The molecule has 96 valence electrons. The van der Waals surface area contributed by atoms with E-state index in [1.807, 2.05) is 17.8 Å². The second-order valence-electron chi connectivity index (χ2n) is 4.69. The molecule has 6 heteroatoms. The average Bonchev–Trinajstić information content (AvgIpc) is 3.03. The number of thioether (sulfide) groups is 1. The van der Waals surface area contributed by atoms with Crippen molar-refractivity contribution in [1.29, 1.82) is 0 Å². The SMILES string of the molecule is CSC1(CNc2cc3[nH]c(=O)oc3cc2N)CC1. The Balaban J connectivity index is 1.86. The molecule has 0 atom stereocenters. The first kappa shape index (κ1) is 11.5. The minimum absolute atomic E-state index is 0.366. The van der Waals surface area contributed by atoms with Crippen LogP contribution in [0.4, 0.5) is 11.4 Å². The predicted octanol–water partition coefficient (Wildman–Crippen LogP) is 2.01. The second-order valence-corrected chi connectivity index (χ2v) is 5.97. The normalized spacial score (nSPS) is 16.9. The first-order chi connectivity index (χ1) is 8.62. The standard InChI is InChI=1S/C12H15N3O2S/c1-18-12(2-3-12)6-14-8-5-9-10(4-7(8)13)17-11(16)15-9/h4-5,14H,2-3,6,13H2,1H3,(H,15,16). The van der Waals surface area contributed by atoms with Crippen LogP contribution in [0.15, 0.2) is 21.3 Å². The van der Waals surface area contributed by atoms with Crippen molar-refractivity contribution in [3.63, 3.8) is 0 Å². The van der Waals surface area contributed by atoms with E-state index in [1.165, 1.54) is 12.8 Å². The Morgan fingerprint density at radius 3 is 3.00 bits per heavy atom. The lowest BCUT2D eigenvalue weighted by Crippen LogP contribution is -2.18. The molecule has 1 aromatic heterocycles. The van der Waals surface area contributed by atoms with Gasteiger partial charge in [-0.3, -0.25) is 4.98 Å². The maximum Gasteiger partial charge on any atom is 0.417 e. The van der Waals surface area contributed by atoms with Gasteiger partial charge in [0, 0.05) is 17.4 Å². The third-order valence-corrected chi connectivity index (χ3v) is 4.85. The van der Waals surface area contributed by atoms with Crippen LogP contribution in [-0.2, 0) is 0 Å². The fraction of sp³-hybridized carbons (Fsp3) is 0.417. The number of nitrogens with two attached hydrogens (primary N) is 1. The van der Waals surface area contributed by atoms with E-state index >= 15 is 0 Å². The third kappa shape index (κ3) is 1.96. The van der Waals surface area contributed by atoms with Crippen LogP contribution >= 0.6 is 11.8 Å². The van der Waals surface area contributed by atoms with Gasteiger partial charge in [-0.2, -0.15) is 11.8 Å². The Bertz CT molecular complexity index is 642. The Kier molecular flexibility index (Phi) is 2.55. The summed E-state index contributed by atoms with van der Waals surface area (Å²) in [7, 11) is 0. The molecule has 0 amide bonds. The zero-order valence-electron chi connectivity index (χ0n) is 10.1. The number of nitrogens with one attached hydrogen (secondary N) is 2. The minimum Gasteiger partial charge on any atom is -0.408 e. The molecule has 5 nitrogen and oxygen atoms in total. The zero-order valence-corrected chi connectivity index (χ0v) is 10.9. The smallest absolute Gasteiger partial charge is 0.408 e. The molecule has 0 unspecified atom stereocenters. The van der Waals surface area contributed by atoms with Gasteiger partial charge in [0.1, 0.15) is 0 Å². The molecule has 0 spiro atoms. The van der Waals surface area contributed by atoms with Crippen LogP contribution in [0.25, 0.3) is 11.1 Å². The van der Waals surface area contributed by atoms with Crippen LogP contribution in [0.1, 0.15) is 12.8 Å². The molecule has 1 aromatic carbocycles. The number of H-pyrrole nitrogens is 1. The van der Waals surface area contributed by atoms with Crippen LogP contribution in [0.3, 0.4) is 0 Å². The summed E-state index contributed by atoms with van der Waals surface area (Å²) >= 11 is 1.89. The minimum atomic E-state index is -0.454. The molecule has 0 bridgehead atoms. The summed E-state index contributed by atoms with van der Waals surface area (Å²) in [5, 5.41) is 3.36. The summed E-state index contributed by atoms with van der Waals surface area (Å²) in [6.45, 7) is 0.895. The maximum atomic E-state index is 11.1. The van der Waals surface area contributed by atoms with E-state index in [0.717, 1.165) is 12.2 Å². The van der Waals surface area contributed by atoms with E-state index < -0.39 is 5.76 Å². The predicted molar refractivity (Wildman–Crippen MR) is 75.2 cm³/mol. The van der Waals surface area contributed by atoms with Gasteiger partial charge in [0.15, 0.2) is 5.58 Å². The van der Waals surface area contributed by atoms with Crippen LogP contribution in [-0.4, -0.2) is 22.5 Å². The lowest BCUT2D eigenvalue weighted by Gasteiger charge is -2.15. The van der Waals surface area contributed by atoms with Gasteiger partial charge in [0.25, 0.3) is 0 Å². The molecule has 1 aliphatic rings. The van der Waals surface area contributed by atoms with Gasteiger partial charge in [-0.15, -0.1) is 0 Å². The molecule has 1 heterocycles. The average molecular weight is 265 g/mol. The number of anilines is 2. The number of oxazole rings is 1. The molecule has 3 rings (SSSR count). The van der Waals surface area contributed by atoms with E-state index in [1.54, 1.807) is 6.07 Å². The van der Waals surface area contributed by atoms with E-state index in [2.05, 4.69) is 16.6 Å². The van der Waals surface area contributed by atoms with Crippen molar-refractivity contribution in [2.75, 3.05) is 23.9 Å². The molecule has 1 saturated carbocycles. The molecule has 4 N–H and O–H groups in total. The van der Waals surface area contributed by atoms with E-state index in [-0.39, 0.29) is 0 Å². The number of nitrogen functional groups attached to an aromatic ring is 1. The summed E-state index contributed by atoms with van der Waals surface area (Å²) in [6, 6.07) is 3.50. The Labute approximate surface area is 108 Å². The quantitative estimate of drug-likeness (QED) is 0.736. The molecular formula is C12H15N3O2S. The number of fused-ring (bicyclic) bond motifs is 1. The van der Waals surface area contributed by atoms with Gasteiger partial charge in [-0.1, -0.05) is 0 Å². The maximum absolute atomic E-state index is 11.1. The first-order valence-electron chi connectivity index (χ1n) is 5.83. The van der Waals surface area contributed by atoms with E-state index in [4.69, 9.17) is 10.2 Å². The monoisotopic (exact) mass is 265 g/mol. The summed E-state index contributed by atoms with van der Waals surface area (Å²) in [5.74, 6) is -0.454. The molecule has 1 aliphatic carbocycles. The van der Waals surface area contributed by atoms with E-state index in [0.29, 0.717) is 21.5 Å². The molecular weight excluding hydrogens is 250 g/mol. The molecule has 18 heavy (non-hydrogen) atoms. The lowest BCUT2D eigenvalue weighted by molar-refractivity contribution is 0.555. The number of aromatic nitrogens is 1. The Hall–Kier alpha value is -1.56. The van der Waals surface area contributed by atoms with Crippen molar-refractivity contribution in [1.82, 2.24) is 4.98 Å². The summed E-state index contributed by atoms with van der Waals surface area (Å²) < 4.78 is 5.33. The van der Waals surface area contributed by atoms with Crippen molar-refractivity contribution >= 4 is 34.2 Å². The fourth-order valence-electron chi connectivity index (χ4n) is 2.01. The van der Waals surface area contributed by atoms with Crippen LogP contribution in [0.2, 0.25) is 0 Å². The first-order valence-corrected chi connectivity index (χ1v) is 7.06. The highest BCUT2D eigenvalue weighted by molar-refractivity contribution is 8.00. The van der Waals surface area contributed by atoms with Crippen molar-refractivity contribution in [2.24, 2.45) is 0 Å². The number of benzene rings is 1. The molecule has 0 aliphatic heterocycles. The highest BCUT2D eigenvalue weighted by Gasteiger charge is 2.41. The topological polar surface area (TPSA) is 84.0 Å². The highest BCUT2D eigenvalue weighted by atomic mass is 32.2. The van der Waals surface area contributed by atoms with Gasteiger partial charge in [0.05, 0.1) is 16.9 Å². The second kappa shape index (κ2) is 3.98. The zero-order chi connectivity index (χ0) is 12.8. The third-order valence-electron chi connectivity index (χ3n) is 3.43. The summed E-state index contributed by atoms with van der Waals surface area (Å²) in [6.07, 6.45) is 4.62. The van der Waals surface area contributed by atoms with Crippen LogP contribution < -0.4 is 16.8 Å². The molecule has 1 fully saturated rings. The van der Waals surface area contributed by atoms with Crippen LogP contribution in [0.5, 0.6) is 0 Å². The number of aromatic amines is 1. The van der Waals surface area contributed by atoms with Crippen molar-refractivity contribution in [3.05, 3.63) is 22.7 Å².